The van der Waals surface area contributed by atoms with E-state index in [4.69, 9.17) is 0 Å². The van der Waals surface area contributed by atoms with Gasteiger partial charge in [-0.15, -0.1) is 0 Å². The molecule has 0 aromatic carbocycles. The van der Waals surface area contributed by atoms with Crippen LogP contribution in [0.4, 0.5) is 5.00 Å². The van der Waals surface area contributed by atoms with E-state index in [0.29, 0.717) is 22.8 Å². The molecule has 0 saturated carbocycles. The van der Waals surface area contributed by atoms with Crippen LogP contribution in [0.5, 0.6) is 0 Å². The number of amides is 1. The molecule has 0 bridgehead atoms. The second-order valence-corrected chi connectivity index (χ2v) is 4.11. The van der Waals surface area contributed by atoms with Crippen LogP contribution in [-0.2, 0) is 4.79 Å². The summed E-state index contributed by atoms with van der Waals surface area (Å²) in [4.78, 5) is 22.6. The Bertz CT molecular complexity index is 401. The van der Waals surface area contributed by atoms with Gasteiger partial charge in [0, 0.05) is 6.54 Å². The summed E-state index contributed by atoms with van der Waals surface area (Å²) < 4.78 is 4.09. The van der Waals surface area contributed by atoms with Crippen LogP contribution in [-0.4, -0.2) is 29.2 Å². The molecular formula is C10H15N3O2S. The van der Waals surface area contributed by atoms with E-state index in [1.807, 2.05) is 6.92 Å². The maximum absolute atomic E-state index is 11.3. The highest BCUT2D eigenvalue weighted by atomic mass is 32.1. The molecule has 6 heteroatoms. The van der Waals surface area contributed by atoms with E-state index >= 15 is 0 Å². The Balaban J connectivity index is 2.67. The number of Topliss-reactive ketones (excluding diaryl/α,β-unsaturated/α-hetero) is 1. The van der Waals surface area contributed by atoms with Gasteiger partial charge in [0.15, 0.2) is 5.78 Å². The van der Waals surface area contributed by atoms with Gasteiger partial charge in [0.2, 0.25) is 5.91 Å². The Kier molecular flexibility index (Phi) is 4.42. The highest BCUT2D eigenvalue weighted by molar-refractivity contribution is 7.10. The normalized spacial score (nSPS) is 9.94. The molecule has 0 radical (unpaired) electrons. The van der Waals surface area contributed by atoms with Gasteiger partial charge >= 0.3 is 0 Å². The van der Waals surface area contributed by atoms with Gasteiger partial charge in [0.25, 0.3) is 0 Å². The third-order valence-corrected chi connectivity index (χ3v) is 2.89. The highest BCUT2D eigenvalue weighted by Gasteiger charge is 2.14. The van der Waals surface area contributed by atoms with Crippen LogP contribution in [0.25, 0.3) is 0 Å². The number of ketones is 1. The van der Waals surface area contributed by atoms with Gasteiger partial charge in [0.1, 0.15) is 5.00 Å². The van der Waals surface area contributed by atoms with E-state index in [1.165, 1.54) is 18.5 Å². The number of nitrogens with zero attached hydrogens (tertiary/aromatic N) is 1. The van der Waals surface area contributed by atoms with Crippen LogP contribution in [0, 0.1) is 6.92 Å². The summed E-state index contributed by atoms with van der Waals surface area (Å²) in [6, 6.07) is 0. The average molecular weight is 241 g/mol. The lowest BCUT2D eigenvalue weighted by Crippen LogP contribution is -2.29. The maximum Gasteiger partial charge on any atom is 0.239 e. The van der Waals surface area contributed by atoms with E-state index in [-0.39, 0.29) is 18.2 Å². The largest absolute Gasteiger partial charge is 0.366 e. The monoisotopic (exact) mass is 241 g/mol. The fourth-order valence-electron chi connectivity index (χ4n) is 1.33. The number of anilines is 1. The van der Waals surface area contributed by atoms with Crippen molar-refractivity contribution in [2.45, 2.75) is 20.8 Å². The number of carbonyl (C=O) groups is 2. The maximum atomic E-state index is 11.3. The highest BCUT2D eigenvalue weighted by Crippen LogP contribution is 2.24. The van der Waals surface area contributed by atoms with Crippen molar-refractivity contribution in [2.24, 2.45) is 0 Å². The lowest BCUT2D eigenvalue weighted by molar-refractivity contribution is -0.119. The Labute approximate surface area is 98.4 Å². The minimum atomic E-state index is -0.0944. The molecule has 0 fully saturated rings. The van der Waals surface area contributed by atoms with Crippen LogP contribution in [0.2, 0.25) is 0 Å². The van der Waals surface area contributed by atoms with Gasteiger partial charge in [-0.1, -0.05) is 0 Å². The Morgan fingerprint density at radius 2 is 2.12 bits per heavy atom. The summed E-state index contributed by atoms with van der Waals surface area (Å²) in [7, 11) is 0. The Morgan fingerprint density at radius 3 is 2.69 bits per heavy atom. The van der Waals surface area contributed by atoms with E-state index < -0.39 is 0 Å². The van der Waals surface area contributed by atoms with Crippen LogP contribution < -0.4 is 10.6 Å². The third kappa shape index (κ3) is 3.03. The SMILES string of the molecule is CCNC(=O)CNc1snc(C)c1C(C)=O. The van der Waals surface area contributed by atoms with Crippen LogP contribution in [0.3, 0.4) is 0 Å². The molecule has 0 aliphatic carbocycles. The standard InChI is InChI=1S/C10H15N3O2S/c1-4-11-8(15)5-12-10-9(7(3)14)6(2)13-16-10/h12H,4-5H2,1-3H3,(H,11,15). The average Bonchev–Trinajstić information content (AvgIpc) is 2.57. The van der Waals surface area contributed by atoms with Gasteiger partial charge in [-0.2, -0.15) is 4.37 Å². The molecular weight excluding hydrogens is 226 g/mol. The summed E-state index contributed by atoms with van der Waals surface area (Å²) in [6.07, 6.45) is 0. The van der Waals surface area contributed by atoms with Crippen molar-refractivity contribution in [3.8, 4) is 0 Å². The number of rotatable bonds is 5. The molecule has 1 aromatic heterocycles. The van der Waals surface area contributed by atoms with E-state index in [2.05, 4.69) is 15.0 Å². The van der Waals surface area contributed by atoms with Crippen molar-refractivity contribution in [2.75, 3.05) is 18.4 Å². The number of hydrogen-bond donors (Lipinski definition) is 2. The van der Waals surface area contributed by atoms with Crippen molar-refractivity contribution in [3.05, 3.63) is 11.3 Å². The zero-order valence-corrected chi connectivity index (χ0v) is 10.4. The molecule has 88 valence electrons. The van der Waals surface area contributed by atoms with Crippen molar-refractivity contribution >= 4 is 28.2 Å². The van der Waals surface area contributed by atoms with Crippen LogP contribution >= 0.6 is 11.5 Å². The lowest BCUT2D eigenvalue weighted by Gasteiger charge is -2.05. The number of likely N-dealkylation sites (N-methyl/N-ethyl adjacent to an activating group) is 1. The first-order valence-corrected chi connectivity index (χ1v) is 5.81. The first-order valence-electron chi connectivity index (χ1n) is 5.04. The molecule has 0 unspecified atom stereocenters. The van der Waals surface area contributed by atoms with Crippen molar-refractivity contribution in [3.63, 3.8) is 0 Å². The summed E-state index contributed by atoms with van der Waals surface area (Å²) in [6.45, 7) is 5.89. The number of carbonyl (C=O) groups excluding carboxylic acids is 2. The smallest absolute Gasteiger partial charge is 0.239 e. The minimum Gasteiger partial charge on any atom is -0.366 e. The third-order valence-electron chi connectivity index (χ3n) is 2.00. The number of nitrogens with one attached hydrogen (secondary N) is 2. The molecule has 5 nitrogen and oxygen atoms in total. The molecule has 1 aromatic rings. The topological polar surface area (TPSA) is 71.1 Å². The summed E-state index contributed by atoms with van der Waals surface area (Å²) >= 11 is 1.20. The van der Waals surface area contributed by atoms with E-state index in [1.54, 1.807) is 6.92 Å². The van der Waals surface area contributed by atoms with E-state index in [9.17, 15) is 9.59 Å². The molecule has 0 saturated heterocycles. The van der Waals surface area contributed by atoms with Gasteiger partial charge in [-0.05, 0) is 32.3 Å². The first kappa shape index (κ1) is 12.6. The van der Waals surface area contributed by atoms with Crippen molar-refractivity contribution < 1.29 is 9.59 Å². The lowest BCUT2D eigenvalue weighted by atomic mass is 10.2. The van der Waals surface area contributed by atoms with Crippen LogP contribution in [0.15, 0.2) is 0 Å². The van der Waals surface area contributed by atoms with E-state index in [0.717, 1.165) is 0 Å². The molecule has 0 atom stereocenters. The molecule has 0 spiro atoms. The predicted octanol–water partition coefficient (Wildman–Crippen LogP) is 1.20. The molecule has 0 aliphatic heterocycles. The zero-order chi connectivity index (χ0) is 12.1. The Morgan fingerprint density at radius 1 is 1.44 bits per heavy atom. The van der Waals surface area contributed by atoms with Gasteiger partial charge in [-0.25, -0.2) is 0 Å². The molecule has 0 aliphatic rings. The second-order valence-electron chi connectivity index (χ2n) is 3.34. The predicted molar refractivity (Wildman–Crippen MR) is 64.0 cm³/mol. The van der Waals surface area contributed by atoms with Crippen molar-refractivity contribution in [1.29, 1.82) is 0 Å². The zero-order valence-electron chi connectivity index (χ0n) is 9.59. The fourth-order valence-corrected chi connectivity index (χ4v) is 2.16. The number of hydrogen-bond acceptors (Lipinski definition) is 5. The summed E-state index contributed by atoms with van der Waals surface area (Å²) in [5.41, 5.74) is 1.28. The summed E-state index contributed by atoms with van der Waals surface area (Å²) in [5, 5.41) is 6.26. The van der Waals surface area contributed by atoms with Gasteiger partial charge < -0.3 is 10.6 Å². The fraction of sp³-hybridized carbons (Fsp3) is 0.500. The van der Waals surface area contributed by atoms with Crippen molar-refractivity contribution in [1.82, 2.24) is 9.69 Å². The number of aromatic nitrogens is 1. The quantitative estimate of drug-likeness (QED) is 0.760. The second kappa shape index (κ2) is 5.60. The summed E-state index contributed by atoms with van der Waals surface area (Å²) in [5.74, 6) is -0.132. The number of aryl methyl sites for hydroxylation is 1. The molecule has 1 amide bonds. The molecule has 16 heavy (non-hydrogen) atoms. The van der Waals surface area contributed by atoms with Crippen LogP contribution in [0.1, 0.15) is 29.9 Å². The Hall–Kier alpha value is -1.43. The molecule has 1 heterocycles. The molecule has 2 N–H and O–H groups in total. The van der Waals surface area contributed by atoms with Gasteiger partial charge in [0.05, 0.1) is 17.8 Å². The van der Waals surface area contributed by atoms with Gasteiger partial charge in [-0.3, -0.25) is 9.59 Å². The first-order chi connectivity index (χ1) is 7.56. The molecule has 1 rings (SSSR count). The minimum absolute atomic E-state index is 0.0374.